The second-order valence-electron chi connectivity index (χ2n) is 9.22. The van der Waals surface area contributed by atoms with Crippen LogP contribution in [0.2, 0.25) is 0 Å². The average Bonchev–Trinajstić information content (AvgIpc) is 2.76. The van der Waals surface area contributed by atoms with Gasteiger partial charge in [0.05, 0.1) is 26.2 Å². The number of carbonyl (C=O) groups is 4. The molecule has 200 valence electrons. The number of hydrogen-bond donors (Lipinski definition) is 5. The number of nitrogens with zero attached hydrogens (tertiary/aromatic N) is 4. The van der Waals surface area contributed by atoms with Crippen molar-refractivity contribution in [2.75, 3.05) is 77.7 Å². The first-order valence-electron chi connectivity index (χ1n) is 11.9. The molecule has 0 radical (unpaired) electrons. The van der Waals surface area contributed by atoms with E-state index in [1.54, 1.807) is 12.1 Å². The van der Waals surface area contributed by atoms with Crippen LogP contribution >= 0.6 is 0 Å². The number of anilines is 1. The summed E-state index contributed by atoms with van der Waals surface area (Å²) in [4.78, 5) is 54.8. The van der Waals surface area contributed by atoms with Crippen LogP contribution in [-0.2, 0) is 25.6 Å². The normalized spacial score (nSPS) is 19.7. The van der Waals surface area contributed by atoms with Crippen molar-refractivity contribution in [1.29, 1.82) is 0 Å². The summed E-state index contributed by atoms with van der Waals surface area (Å²) in [7, 11) is 0. The van der Waals surface area contributed by atoms with E-state index in [0.717, 1.165) is 5.56 Å². The number of amides is 4. The van der Waals surface area contributed by atoms with Crippen LogP contribution in [0, 0.1) is 0 Å². The predicted octanol–water partition coefficient (Wildman–Crippen LogP) is -3.66. The highest BCUT2D eigenvalue weighted by molar-refractivity contribution is 5.77. The molecule has 1 unspecified atom stereocenters. The van der Waals surface area contributed by atoms with Crippen molar-refractivity contribution in [3.8, 4) is 0 Å². The van der Waals surface area contributed by atoms with Gasteiger partial charge in [0.25, 0.3) is 0 Å². The molecule has 10 N–H and O–H groups in total. The van der Waals surface area contributed by atoms with E-state index in [2.05, 4.69) is 0 Å². The summed E-state index contributed by atoms with van der Waals surface area (Å²) in [6, 6.07) is 7.24. The molecular formula is C23H39N9O4. The van der Waals surface area contributed by atoms with Gasteiger partial charge in [0.15, 0.2) is 0 Å². The third kappa shape index (κ3) is 11.0. The van der Waals surface area contributed by atoms with Crippen molar-refractivity contribution >= 4 is 29.3 Å². The van der Waals surface area contributed by atoms with Gasteiger partial charge in [-0.05, 0) is 24.1 Å². The van der Waals surface area contributed by atoms with E-state index in [4.69, 9.17) is 28.7 Å². The van der Waals surface area contributed by atoms with E-state index in [9.17, 15) is 19.2 Å². The van der Waals surface area contributed by atoms with Gasteiger partial charge in [-0.1, -0.05) is 12.1 Å². The maximum Gasteiger partial charge on any atom is 0.231 e. The number of carbonyl (C=O) groups excluding carboxylic acids is 4. The molecular weight excluding hydrogens is 466 g/mol. The lowest BCUT2D eigenvalue weighted by Crippen LogP contribution is -2.54. The lowest BCUT2D eigenvalue weighted by atomic mass is 10.0. The van der Waals surface area contributed by atoms with Crippen LogP contribution in [0.5, 0.6) is 0 Å². The molecule has 1 aromatic carbocycles. The van der Waals surface area contributed by atoms with Crippen molar-refractivity contribution in [3.63, 3.8) is 0 Å². The number of nitrogens with two attached hydrogens (primary N) is 5. The van der Waals surface area contributed by atoms with Gasteiger partial charge in [-0.25, -0.2) is 0 Å². The molecule has 1 atom stereocenters. The Labute approximate surface area is 211 Å². The highest BCUT2D eigenvalue weighted by Gasteiger charge is 2.26. The lowest BCUT2D eigenvalue weighted by molar-refractivity contribution is -0.122. The van der Waals surface area contributed by atoms with Gasteiger partial charge in [0.1, 0.15) is 0 Å². The lowest BCUT2D eigenvalue weighted by Gasteiger charge is -2.38. The predicted molar refractivity (Wildman–Crippen MR) is 136 cm³/mol. The number of primary amides is 4. The molecule has 1 heterocycles. The maximum absolute atomic E-state index is 12.0. The Hall–Kier alpha value is -3.26. The molecule has 4 amide bonds. The first-order chi connectivity index (χ1) is 17.0. The van der Waals surface area contributed by atoms with Gasteiger partial charge in [-0.3, -0.25) is 38.8 Å². The second-order valence-corrected chi connectivity index (χ2v) is 9.22. The summed E-state index contributed by atoms with van der Waals surface area (Å²) < 4.78 is 0. The zero-order valence-electron chi connectivity index (χ0n) is 20.7. The molecule has 2 rings (SSSR count). The van der Waals surface area contributed by atoms with E-state index in [0.29, 0.717) is 57.9 Å². The van der Waals surface area contributed by atoms with Crippen molar-refractivity contribution in [2.24, 2.45) is 22.9 Å². The Balaban J connectivity index is 2.38. The van der Waals surface area contributed by atoms with Crippen LogP contribution in [0.1, 0.15) is 5.56 Å². The Kier molecular flexibility index (Phi) is 11.5. The first kappa shape index (κ1) is 29.0. The van der Waals surface area contributed by atoms with Crippen LogP contribution in [0.4, 0.5) is 5.69 Å². The molecule has 36 heavy (non-hydrogen) atoms. The molecule has 1 fully saturated rings. The van der Waals surface area contributed by atoms with Crippen molar-refractivity contribution in [3.05, 3.63) is 29.8 Å². The van der Waals surface area contributed by atoms with Crippen molar-refractivity contribution in [2.45, 2.75) is 12.5 Å². The van der Waals surface area contributed by atoms with Crippen LogP contribution < -0.4 is 28.7 Å². The van der Waals surface area contributed by atoms with Gasteiger partial charge in [0, 0.05) is 57.5 Å². The molecule has 1 aliphatic rings. The van der Waals surface area contributed by atoms with Crippen LogP contribution in [0.3, 0.4) is 0 Å². The molecule has 1 aromatic rings. The molecule has 1 saturated heterocycles. The molecule has 13 heteroatoms. The number of rotatable bonds is 10. The fourth-order valence-corrected chi connectivity index (χ4v) is 4.40. The second kappa shape index (κ2) is 14.3. The number of nitrogen functional groups attached to an aromatic ring is 1. The van der Waals surface area contributed by atoms with Gasteiger partial charge >= 0.3 is 0 Å². The quantitative estimate of drug-likeness (QED) is 0.198. The third-order valence-corrected chi connectivity index (χ3v) is 6.10. The summed E-state index contributed by atoms with van der Waals surface area (Å²) in [5, 5.41) is 0. The smallest absolute Gasteiger partial charge is 0.231 e. The summed E-state index contributed by atoms with van der Waals surface area (Å²) >= 11 is 0. The fourth-order valence-electron chi connectivity index (χ4n) is 4.40. The molecule has 13 nitrogen and oxygen atoms in total. The minimum absolute atomic E-state index is 0.00224. The zero-order valence-corrected chi connectivity index (χ0v) is 20.7. The summed E-state index contributed by atoms with van der Waals surface area (Å²) in [6.45, 7) is 3.18. The molecule has 0 spiro atoms. The van der Waals surface area contributed by atoms with Gasteiger partial charge in [-0.2, -0.15) is 0 Å². The molecule has 0 bridgehead atoms. The minimum Gasteiger partial charge on any atom is -0.399 e. The van der Waals surface area contributed by atoms with Crippen LogP contribution in [-0.4, -0.2) is 121 Å². The molecule has 0 aromatic heterocycles. The zero-order chi connectivity index (χ0) is 26.7. The Morgan fingerprint density at radius 3 is 1.53 bits per heavy atom. The highest BCUT2D eigenvalue weighted by Crippen LogP contribution is 2.14. The number of hydrogen-bond acceptors (Lipinski definition) is 9. The van der Waals surface area contributed by atoms with Gasteiger partial charge in [0.2, 0.25) is 23.6 Å². The highest BCUT2D eigenvalue weighted by atomic mass is 16.2. The topological polar surface area (TPSA) is 211 Å². The average molecular weight is 506 g/mol. The van der Waals surface area contributed by atoms with Crippen molar-refractivity contribution < 1.29 is 19.2 Å². The molecule has 1 aliphatic heterocycles. The summed E-state index contributed by atoms with van der Waals surface area (Å²) in [5.41, 5.74) is 29.5. The Bertz CT molecular complexity index is 896. The van der Waals surface area contributed by atoms with E-state index < -0.39 is 23.6 Å². The monoisotopic (exact) mass is 505 g/mol. The Morgan fingerprint density at radius 2 is 1.06 bits per heavy atom. The van der Waals surface area contributed by atoms with E-state index in [1.807, 2.05) is 31.7 Å². The van der Waals surface area contributed by atoms with Crippen molar-refractivity contribution in [1.82, 2.24) is 19.6 Å². The summed E-state index contributed by atoms with van der Waals surface area (Å²) in [5.74, 6) is -1.92. The molecule has 0 saturated carbocycles. The minimum atomic E-state index is -0.486. The maximum atomic E-state index is 12.0. The van der Waals surface area contributed by atoms with Crippen LogP contribution in [0.25, 0.3) is 0 Å². The number of benzene rings is 1. The fraction of sp³-hybridized carbons (Fsp3) is 0.565. The molecule has 0 aliphatic carbocycles. The summed E-state index contributed by atoms with van der Waals surface area (Å²) in [6.07, 6.45) is 0.559. The van der Waals surface area contributed by atoms with E-state index in [-0.39, 0.29) is 32.2 Å². The van der Waals surface area contributed by atoms with E-state index >= 15 is 0 Å². The SMILES string of the molecule is NC(=O)CN1CCN(CC(N)=O)CCN(CC(N)=O)C(Cc2ccc(N)cc2)CN(CC(N)=O)CC1. The largest absolute Gasteiger partial charge is 0.399 e. The first-order valence-corrected chi connectivity index (χ1v) is 11.9. The standard InChI is InChI=1S/C23H39N9O4/c24-18-3-1-17(2-4-18)11-19-12-31(15-22(27)35)8-7-29(13-20(25)33)5-6-30(14-21(26)34)9-10-32(19)16-23(28)36/h1-4,19H,5-16,24H2,(H2,25,33)(H2,26,34)(H2,27,35)(H2,28,36). The van der Waals surface area contributed by atoms with Crippen LogP contribution in [0.15, 0.2) is 24.3 Å². The van der Waals surface area contributed by atoms with Gasteiger partial charge < -0.3 is 28.7 Å². The Morgan fingerprint density at radius 1 is 0.639 bits per heavy atom. The van der Waals surface area contributed by atoms with E-state index in [1.165, 1.54) is 0 Å². The van der Waals surface area contributed by atoms with Gasteiger partial charge in [-0.15, -0.1) is 0 Å². The third-order valence-electron chi connectivity index (χ3n) is 6.10.